The number of hydrogen-bond acceptors (Lipinski definition) is 9. The third-order valence-electron chi connectivity index (χ3n) is 7.89. The normalized spacial score (nSPS) is 22.4. The molecular formula is C35H35Cl3N2O8. The van der Waals surface area contributed by atoms with Crippen molar-refractivity contribution >= 4 is 58.3 Å². The zero-order valence-electron chi connectivity index (χ0n) is 26.1. The Morgan fingerprint density at radius 2 is 1.40 bits per heavy atom. The van der Waals surface area contributed by atoms with E-state index in [4.69, 9.17) is 63.9 Å². The number of ether oxygens (including phenoxy) is 5. The molecule has 1 saturated heterocycles. The van der Waals surface area contributed by atoms with Crippen molar-refractivity contribution in [2.45, 2.75) is 67.4 Å². The summed E-state index contributed by atoms with van der Waals surface area (Å²) in [5.41, 5.74) is 2.10. The molecule has 0 aromatic heterocycles. The Labute approximate surface area is 293 Å². The summed E-state index contributed by atoms with van der Waals surface area (Å²) in [4.78, 5) is 40.5. The number of Topliss-reactive ketones (excluding diaryl/α,β-unsaturated/α-hetero) is 1. The minimum absolute atomic E-state index is 0.000649. The van der Waals surface area contributed by atoms with Gasteiger partial charge in [-0.15, -0.1) is 0 Å². The molecule has 5 atom stereocenters. The van der Waals surface area contributed by atoms with Gasteiger partial charge in [0, 0.05) is 13.0 Å². The standard InChI is InChI=1S/C35H35Cl3N2O8/c1-22(41)11-10-18-45-29-27(21-44-19-23-12-4-2-5-13-23)47-33(48-34(39)35(36,37)38)28(30(29)46-20-24-14-6-3-7-15-24)40-31(42)25-16-8-9-17-26(25)32(40)43/h2-9,12-17,27-30,33,39H,10-11,18-21H2,1H3/t27-,28-,29-,30-,33+/m1/s1. The van der Waals surface area contributed by atoms with Crippen molar-refractivity contribution < 1.29 is 38.1 Å². The van der Waals surface area contributed by atoms with Gasteiger partial charge in [0.2, 0.25) is 12.2 Å². The summed E-state index contributed by atoms with van der Waals surface area (Å²) in [5, 5.41) is 8.39. The van der Waals surface area contributed by atoms with E-state index in [-0.39, 0.29) is 49.8 Å². The van der Waals surface area contributed by atoms with Crippen molar-refractivity contribution in [3.05, 3.63) is 107 Å². The highest BCUT2D eigenvalue weighted by atomic mass is 35.6. The number of imide groups is 1. The SMILES string of the molecule is CC(=O)CCCO[C@H]1[C@H](OCc2ccccc2)[C@@H](N2C(=O)c3ccccc3C2=O)[C@H](OC(=N)C(Cl)(Cl)Cl)O[C@@H]1COCc1ccccc1. The lowest BCUT2D eigenvalue weighted by atomic mass is 9.94. The van der Waals surface area contributed by atoms with Crippen LogP contribution in [0.4, 0.5) is 0 Å². The van der Waals surface area contributed by atoms with Gasteiger partial charge >= 0.3 is 0 Å². The number of benzene rings is 3. The molecule has 3 aromatic carbocycles. The second-order valence-electron chi connectivity index (χ2n) is 11.4. The Kier molecular flexibility index (Phi) is 12.3. The summed E-state index contributed by atoms with van der Waals surface area (Å²) in [6, 6.07) is 23.9. The molecule has 5 rings (SSSR count). The second kappa shape index (κ2) is 16.4. The maximum atomic E-state index is 13.9. The number of fused-ring (bicyclic) bond motifs is 1. The first kappa shape index (κ1) is 35.9. The van der Waals surface area contributed by atoms with Gasteiger partial charge in [0.1, 0.15) is 30.1 Å². The molecule has 0 unspecified atom stereocenters. The number of halogens is 3. The van der Waals surface area contributed by atoms with Gasteiger partial charge in [-0.25, -0.2) is 0 Å². The third-order valence-corrected chi connectivity index (χ3v) is 8.41. The Morgan fingerprint density at radius 3 is 1.96 bits per heavy atom. The lowest BCUT2D eigenvalue weighted by Gasteiger charge is -2.48. The summed E-state index contributed by atoms with van der Waals surface area (Å²) in [6.07, 6.45) is -3.77. The molecule has 2 aliphatic rings. The molecule has 10 nitrogen and oxygen atoms in total. The monoisotopic (exact) mass is 716 g/mol. The molecule has 1 N–H and O–H groups in total. The molecule has 2 amide bonds. The molecule has 2 aliphatic heterocycles. The van der Waals surface area contributed by atoms with E-state index < -0.39 is 52.1 Å². The largest absolute Gasteiger partial charge is 0.446 e. The zero-order valence-corrected chi connectivity index (χ0v) is 28.3. The van der Waals surface area contributed by atoms with E-state index in [1.54, 1.807) is 24.3 Å². The van der Waals surface area contributed by atoms with Crippen LogP contribution >= 0.6 is 34.8 Å². The number of rotatable bonds is 14. The number of nitrogens with zero attached hydrogens (tertiary/aromatic N) is 1. The van der Waals surface area contributed by atoms with Gasteiger partial charge in [-0.05, 0) is 36.6 Å². The second-order valence-corrected chi connectivity index (χ2v) is 13.7. The van der Waals surface area contributed by atoms with E-state index in [0.717, 1.165) is 16.0 Å². The molecule has 1 fully saturated rings. The molecule has 2 heterocycles. The fourth-order valence-corrected chi connectivity index (χ4v) is 5.76. The van der Waals surface area contributed by atoms with Crippen molar-refractivity contribution in [3.8, 4) is 0 Å². The molecular weight excluding hydrogens is 683 g/mol. The summed E-state index contributed by atoms with van der Waals surface area (Å²) >= 11 is 18.0. The van der Waals surface area contributed by atoms with Crippen molar-refractivity contribution in [2.24, 2.45) is 0 Å². The van der Waals surface area contributed by atoms with Gasteiger partial charge in [0.25, 0.3) is 15.6 Å². The molecule has 48 heavy (non-hydrogen) atoms. The number of hydrogen-bond donors (Lipinski definition) is 1. The van der Waals surface area contributed by atoms with Gasteiger partial charge < -0.3 is 28.5 Å². The van der Waals surface area contributed by atoms with E-state index in [2.05, 4.69) is 0 Å². The highest BCUT2D eigenvalue weighted by molar-refractivity contribution is 6.76. The smallest absolute Gasteiger partial charge is 0.265 e. The summed E-state index contributed by atoms with van der Waals surface area (Å²) in [7, 11) is 0. The first-order valence-corrected chi connectivity index (χ1v) is 16.5. The van der Waals surface area contributed by atoms with Crippen LogP contribution in [-0.4, -0.2) is 76.0 Å². The zero-order chi connectivity index (χ0) is 34.3. The number of carbonyl (C=O) groups excluding carboxylic acids is 3. The molecule has 3 aromatic rings. The average Bonchev–Trinajstić information content (AvgIpc) is 3.32. The summed E-state index contributed by atoms with van der Waals surface area (Å²) in [6.45, 7) is 1.90. The van der Waals surface area contributed by atoms with Crippen LogP contribution in [0.3, 0.4) is 0 Å². The van der Waals surface area contributed by atoms with Gasteiger partial charge in [-0.2, -0.15) is 0 Å². The lowest BCUT2D eigenvalue weighted by molar-refractivity contribution is -0.280. The number of alkyl halides is 3. The number of ketones is 1. The first-order valence-electron chi connectivity index (χ1n) is 15.4. The highest BCUT2D eigenvalue weighted by Gasteiger charge is 2.56. The quantitative estimate of drug-likeness (QED) is 0.0678. The fourth-order valence-electron chi connectivity index (χ4n) is 5.62. The predicted molar refractivity (Wildman–Crippen MR) is 179 cm³/mol. The summed E-state index contributed by atoms with van der Waals surface area (Å²) in [5.74, 6) is -2.01. The minimum Gasteiger partial charge on any atom is -0.446 e. The van der Waals surface area contributed by atoms with Crippen LogP contribution < -0.4 is 0 Å². The molecule has 0 spiro atoms. The predicted octanol–water partition coefficient (Wildman–Crippen LogP) is 6.30. The van der Waals surface area contributed by atoms with Crippen LogP contribution in [0.1, 0.15) is 51.6 Å². The molecule has 254 valence electrons. The lowest BCUT2D eigenvalue weighted by Crippen LogP contribution is -2.67. The Balaban J connectivity index is 1.54. The average molecular weight is 718 g/mol. The van der Waals surface area contributed by atoms with E-state index in [1.807, 2.05) is 60.7 Å². The third kappa shape index (κ3) is 8.81. The van der Waals surface area contributed by atoms with Crippen molar-refractivity contribution in [1.82, 2.24) is 4.90 Å². The van der Waals surface area contributed by atoms with Crippen LogP contribution in [0.15, 0.2) is 84.9 Å². The first-order chi connectivity index (χ1) is 23.0. The van der Waals surface area contributed by atoms with Crippen LogP contribution in [0, 0.1) is 5.41 Å². The topological polar surface area (TPSA) is 124 Å². The maximum Gasteiger partial charge on any atom is 0.265 e. The fraction of sp³-hybridized carbons (Fsp3) is 0.371. The van der Waals surface area contributed by atoms with E-state index in [0.29, 0.717) is 6.42 Å². The van der Waals surface area contributed by atoms with Crippen molar-refractivity contribution in [3.63, 3.8) is 0 Å². The molecule has 0 bridgehead atoms. The highest BCUT2D eigenvalue weighted by Crippen LogP contribution is 2.38. The number of nitrogens with one attached hydrogen (secondary N) is 1. The maximum absolute atomic E-state index is 13.9. The molecule has 0 aliphatic carbocycles. The van der Waals surface area contributed by atoms with E-state index in [1.165, 1.54) is 6.92 Å². The van der Waals surface area contributed by atoms with Crippen LogP contribution in [0.2, 0.25) is 0 Å². The van der Waals surface area contributed by atoms with Crippen molar-refractivity contribution in [1.29, 1.82) is 5.41 Å². The Bertz CT molecular complexity index is 1550. The minimum atomic E-state index is -2.28. The van der Waals surface area contributed by atoms with Crippen molar-refractivity contribution in [2.75, 3.05) is 13.2 Å². The van der Waals surface area contributed by atoms with Gasteiger partial charge in [-0.3, -0.25) is 19.9 Å². The van der Waals surface area contributed by atoms with E-state index in [9.17, 15) is 14.4 Å². The van der Waals surface area contributed by atoms with Crippen LogP contribution in [0.25, 0.3) is 0 Å². The Morgan fingerprint density at radius 1 is 0.833 bits per heavy atom. The van der Waals surface area contributed by atoms with Crippen LogP contribution in [0.5, 0.6) is 0 Å². The molecule has 0 radical (unpaired) electrons. The van der Waals surface area contributed by atoms with E-state index >= 15 is 0 Å². The van der Waals surface area contributed by atoms with Crippen LogP contribution in [-0.2, 0) is 41.7 Å². The van der Waals surface area contributed by atoms with Gasteiger partial charge in [0.15, 0.2) is 0 Å². The summed E-state index contributed by atoms with van der Waals surface area (Å²) < 4.78 is 29.0. The van der Waals surface area contributed by atoms with Gasteiger partial charge in [-0.1, -0.05) is 108 Å². The number of amides is 2. The Hall–Kier alpha value is -3.35. The molecule has 0 saturated carbocycles. The molecule has 13 heteroatoms. The number of carbonyl (C=O) groups is 3. The van der Waals surface area contributed by atoms with Gasteiger partial charge in [0.05, 0.1) is 30.9 Å².